The van der Waals surface area contributed by atoms with Crippen molar-refractivity contribution in [2.45, 2.75) is 0 Å². The van der Waals surface area contributed by atoms with Crippen molar-refractivity contribution in [3.05, 3.63) is 194 Å². The second-order valence-corrected chi connectivity index (χ2v) is 17.8. The van der Waals surface area contributed by atoms with E-state index in [1.54, 1.807) is 22.7 Å². The van der Waals surface area contributed by atoms with Gasteiger partial charge in [-0.25, -0.2) is 24.9 Å². The van der Waals surface area contributed by atoms with Crippen molar-refractivity contribution >= 4 is 85.0 Å². The number of para-hydroxylation sites is 2. The molecule has 5 aromatic heterocycles. The third kappa shape index (κ3) is 5.87. The Morgan fingerprint density at radius 1 is 0.349 bits per heavy atom. The molecule has 8 aromatic carbocycles. The normalized spacial score (nSPS) is 11.8. The zero-order valence-electron chi connectivity index (χ0n) is 33.5. The molecule has 0 N–H and O–H groups in total. The molecule has 294 valence electrons. The predicted octanol–water partition coefficient (Wildman–Crippen LogP) is 14.8. The lowest BCUT2D eigenvalue weighted by molar-refractivity contribution is 1.08. The van der Waals surface area contributed by atoms with Gasteiger partial charge in [0.2, 0.25) is 0 Å². The summed E-state index contributed by atoms with van der Waals surface area (Å²) in [6, 6.07) is 67.8. The van der Waals surface area contributed by atoms with E-state index < -0.39 is 0 Å². The van der Waals surface area contributed by atoms with Crippen LogP contribution in [0.5, 0.6) is 0 Å². The fourth-order valence-corrected chi connectivity index (χ4v) is 11.3. The molecule has 13 aromatic rings. The Labute approximate surface area is 369 Å². The second-order valence-electron chi connectivity index (χ2n) is 15.6. The van der Waals surface area contributed by atoms with Gasteiger partial charge in [0.05, 0.1) is 26.9 Å². The van der Waals surface area contributed by atoms with Crippen LogP contribution >= 0.6 is 22.7 Å². The number of hydrogen-bond acceptors (Lipinski definition) is 7. The smallest absolute Gasteiger partial charge is 0.164 e. The first kappa shape index (κ1) is 35.8. The zero-order valence-corrected chi connectivity index (χ0v) is 35.1. The molecule has 0 saturated heterocycles. The molecule has 0 spiro atoms. The highest BCUT2D eigenvalue weighted by atomic mass is 32.1. The Bertz CT molecular complexity index is 3910. The SMILES string of the molecule is c1ccc(-c2nc(-c3ccc4c5ccccc5n(-c5ccccc5)c4c3)nc(-c3cccc4sc5cc(-c6nc(-c7ccccc7)c7sc8ccccc8c7n6)ccc5c34)n2)cc1. The summed E-state index contributed by atoms with van der Waals surface area (Å²) < 4.78 is 6.93. The predicted molar refractivity (Wildman–Crippen MR) is 263 cm³/mol. The van der Waals surface area contributed by atoms with E-state index in [0.717, 1.165) is 86.0 Å². The minimum atomic E-state index is 0.618. The second kappa shape index (κ2) is 14.3. The maximum absolute atomic E-state index is 5.31. The summed E-state index contributed by atoms with van der Waals surface area (Å²) >= 11 is 3.52. The zero-order chi connectivity index (χ0) is 41.4. The largest absolute Gasteiger partial charge is 0.309 e. The van der Waals surface area contributed by atoms with E-state index in [9.17, 15) is 0 Å². The van der Waals surface area contributed by atoms with Gasteiger partial charge in [0.15, 0.2) is 23.3 Å². The van der Waals surface area contributed by atoms with Gasteiger partial charge in [-0.05, 0) is 42.5 Å². The molecular formula is C55H32N6S2. The minimum absolute atomic E-state index is 0.618. The van der Waals surface area contributed by atoms with Gasteiger partial charge in [-0.2, -0.15) is 0 Å². The fraction of sp³-hybridized carbons (Fsp3) is 0. The summed E-state index contributed by atoms with van der Waals surface area (Å²) in [6.07, 6.45) is 0. The van der Waals surface area contributed by atoms with Gasteiger partial charge in [0, 0.05) is 74.5 Å². The highest BCUT2D eigenvalue weighted by Gasteiger charge is 2.21. The molecule has 0 unspecified atom stereocenters. The molecule has 8 heteroatoms. The van der Waals surface area contributed by atoms with Crippen LogP contribution < -0.4 is 0 Å². The fourth-order valence-electron chi connectivity index (χ4n) is 8.97. The average Bonchev–Trinajstić information content (AvgIpc) is 4.03. The molecule has 0 amide bonds. The maximum atomic E-state index is 5.31. The Kier molecular flexibility index (Phi) is 8.15. The molecule has 0 bridgehead atoms. The Balaban J connectivity index is 0.986. The van der Waals surface area contributed by atoms with E-state index in [0.29, 0.717) is 23.3 Å². The molecule has 0 aliphatic carbocycles. The number of thiophene rings is 2. The first-order valence-electron chi connectivity index (χ1n) is 20.8. The van der Waals surface area contributed by atoms with Gasteiger partial charge in [-0.1, -0.05) is 152 Å². The first-order valence-corrected chi connectivity index (χ1v) is 22.5. The highest BCUT2D eigenvalue weighted by molar-refractivity contribution is 7.26. The summed E-state index contributed by atoms with van der Waals surface area (Å²) in [5.74, 6) is 2.58. The van der Waals surface area contributed by atoms with Crippen molar-refractivity contribution in [1.29, 1.82) is 0 Å². The quantitative estimate of drug-likeness (QED) is 0.167. The van der Waals surface area contributed by atoms with Crippen LogP contribution in [-0.2, 0) is 0 Å². The van der Waals surface area contributed by atoms with Crippen LogP contribution in [0, 0.1) is 0 Å². The monoisotopic (exact) mass is 840 g/mol. The number of rotatable bonds is 6. The van der Waals surface area contributed by atoms with Crippen molar-refractivity contribution in [3.63, 3.8) is 0 Å². The van der Waals surface area contributed by atoms with Crippen LogP contribution in [0.4, 0.5) is 0 Å². The summed E-state index contributed by atoms with van der Waals surface area (Å²) in [4.78, 5) is 26.2. The lowest BCUT2D eigenvalue weighted by atomic mass is 10.0. The number of aromatic nitrogens is 6. The first-order chi connectivity index (χ1) is 31.2. The molecule has 63 heavy (non-hydrogen) atoms. The van der Waals surface area contributed by atoms with Crippen LogP contribution in [0.2, 0.25) is 0 Å². The highest BCUT2D eigenvalue weighted by Crippen LogP contribution is 2.43. The average molecular weight is 841 g/mol. The molecule has 6 nitrogen and oxygen atoms in total. The summed E-state index contributed by atoms with van der Waals surface area (Å²) in [7, 11) is 0. The molecular weight excluding hydrogens is 809 g/mol. The number of fused-ring (bicyclic) bond motifs is 9. The van der Waals surface area contributed by atoms with Crippen molar-refractivity contribution < 1.29 is 0 Å². The van der Waals surface area contributed by atoms with E-state index in [4.69, 9.17) is 24.9 Å². The molecule has 0 aliphatic heterocycles. The van der Waals surface area contributed by atoms with Gasteiger partial charge >= 0.3 is 0 Å². The van der Waals surface area contributed by atoms with Gasteiger partial charge in [0.1, 0.15) is 0 Å². The summed E-state index contributed by atoms with van der Waals surface area (Å²) in [6.45, 7) is 0. The van der Waals surface area contributed by atoms with Crippen molar-refractivity contribution in [2.24, 2.45) is 0 Å². The molecule has 0 saturated carbocycles. The maximum Gasteiger partial charge on any atom is 0.164 e. The summed E-state index contributed by atoms with van der Waals surface area (Å²) in [5.41, 5.74) is 10.1. The van der Waals surface area contributed by atoms with E-state index in [1.807, 2.05) is 24.3 Å². The lowest BCUT2D eigenvalue weighted by Crippen LogP contribution is -2.00. The molecule has 0 radical (unpaired) electrons. The van der Waals surface area contributed by atoms with Gasteiger partial charge < -0.3 is 4.57 Å². The third-order valence-corrected chi connectivity index (χ3v) is 14.2. The Morgan fingerprint density at radius 2 is 0.952 bits per heavy atom. The van der Waals surface area contributed by atoms with E-state index in [1.165, 1.54) is 15.5 Å². The molecule has 5 heterocycles. The van der Waals surface area contributed by atoms with Gasteiger partial charge in [-0.15, -0.1) is 22.7 Å². The summed E-state index contributed by atoms with van der Waals surface area (Å²) in [5, 5.41) is 5.78. The molecule has 13 rings (SSSR count). The van der Waals surface area contributed by atoms with Crippen molar-refractivity contribution in [2.75, 3.05) is 0 Å². The lowest BCUT2D eigenvalue weighted by Gasteiger charge is -2.11. The van der Waals surface area contributed by atoms with E-state index in [-0.39, 0.29) is 0 Å². The minimum Gasteiger partial charge on any atom is -0.309 e. The van der Waals surface area contributed by atoms with Crippen LogP contribution in [0.1, 0.15) is 0 Å². The van der Waals surface area contributed by atoms with Crippen molar-refractivity contribution in [3.8, 4) is 62.5 Å². The van der Waals surface area contributed by atoms with Crippen LogP contribution in [-0.4, -0.2) is 29.5 Å². The molecule has 0 atom stereocenters. The Hall–Kier alpha value is -7.91. The Morgan fingerprint density at radius 3 is 1.76 bits per heavy atom. The van der Waals surface area contributed by atoms with Crippen molar-refractivity contribution in [1.82, 2.24) is 29.5 Å². The van der Waals surface area contributed by atoms with Crippen LogP contribution in [0.15, 0.2) is 194 Å². The molecule has 0 fully saturated rings. The molecule has 0 aliphatic rings. The van der Waals surface area contributed by atoms with Crippen LogP contribution in [0.25, 0.3) is 125 Å². The number of hydrogen-bond donors (Lipinski definition) is 0. The van der Waals surface area contributed by atoms with Crippen LogP contribution in [0.3, 0.4) is 0 Å². The topological polar surface area (TPSA) is 69.4 Å². The van der Waals surface area contributed by atoms with Gasteiger partial charge in [0.25, 0.3) is 0 Å². The standard InChI is InChI=1S/C55H32N6S2/c1-4-15-33(16-5-1)49-51-50(41-22-11-13-25-45(41)63-51)57-53(56-49)36-28-30-40-47(32-36)62-46-26-14-23-42(48(40)46)55-59-52(34-17-6-2-7-18-34)58-54(60-55)35-27-29-39-38-21-10-12-24-43(38)61(44(39)31-35)37-19-8-3-9-20-37/h1-32H. The number of benzene rings is 8. The third-order valence-electron chi connectivity index (χ3n) is 11.9. The van der Waals surface area contributed by atoms with Gasteiger partial charge in [-0.3, -0.25) is 0 Å². The van der Waals surface area contributed by atoms with E-state index >= 15 is 0 Å². The number of nitrogens with zero attached hydrogens (tertiary/aromatic N) is 6. The van der Waals surface area contributed by atoms with E-state index in [2.05, 4.69) is 174 Å².